The predicted octanol–water partition coefficient (Wildman–Crippen LogP) is 5.06. The number of aromatic nitrogens is 6. The SMILES string of the molecule is COc1cc(-c2[nH]nc(-c3ncc(C4CCN(CC5CCOCC5)CC4)cc3F)c2C(C)C)cn2ncnc12. The van der Waals surface area contributed by atoms with Crippen LogP contribution in [0.2, 0.25) is 0 Å². The van der Waals surface area contributed by atoms with E-state index in [1.54, 1.807) is 17.7 Å². The van der Waals surface area contributed by atoms with Crippen LogP contribution in [0.1, 0.15) is 62.5 Å². The van der Waals surface area contributed by atoms with Gasteiger partial charge in [0.1, 0.15) is 17.7 Å². The van der Waals surface area contributed by atoms with E-state index in [0.717, 1.165) is 86.8 Å². The second-order valence-corrected chi connectivity index (χ2v) is 11.1. The number of ether oxygens (including phenoxy) is 2. The zero-order valence-electron chi connectivity index (χ0n) is 22.9. The molecule has 0 amide bonds. The molecule has 4 aromatic heterocycles. The quantitative estimate of drug-likeness (QED) is 0.355. The molecule has 2 fully saturated rings. The minimum Gasteiger partial charge on any atom is -0.493 e. The molecule has 0 bridgehead atoms. The standard InChI is InChI=1S/C29H36FN7O2/c1-18(2)25-26(22-13-24(38-3)29-32-17-33-37(29)16-22)34-35-28(25)27-23(30)12-21(14-31-27)20-4-8-36(9-5-20)15-19-6-10-39-11-7-19/h12-14,16-20H,4-11,15H2,1-3H3,(H,34,35). The highest BCUT2D eigenvalue weighted by molar-refractivity contribution is 5.75. The molecule has 0 atom stereocenters. The van der Waals surface area contributed by atoms with Crippen LogP contribution in [-0.4, -0.2) is 74.6 Å². The van der Waals surface area contributed by atoms with E-state index in [2.05, 4.69) is 44.0 Å². The maximum Gasteiger partial charge on any atom is 0.197 e. The Morgan fingerprint density at radius 1 is 1.10 bits per heavy atom. The van der Waals surface area contributed by atoms with Crippen molar-refractivity contribution in [2.75, 3.05) is 40.0 Å². The predicted molar refractivity (Wildman–Crippen MR) is 146 cm³/mol. The van der Waals surface area contributed by atoms with Crippen molar-refractivity contribution in [3.63, 3.8) is 0 Å². The highest BCUT2D eigenvalue weighted by Gasteiger charge is 2.27. The van der Waals surface area contributed by atoms with Crippen molar-refractivity contribution in [1.29, 1.82) is 0 Å². The molecule has 0 unspecified atom stereocenters. The van der Waals surface area contributed by atoms with Crippen molar-refractivity contribution < 1.29 is 13.9 Å². The lowest BCUT2D eigenvalue weighted by molar-refractivity contribution is 0.0488. The van der Waals surface area contributed by atoms with Gasteiger partial charge in [0.25, 0.3) is 0 Å². The van der Waals surface area contributed by atoms with E-state index in [1.807, 2.05) is 18.5 Å². The average molecular weight is 534 g/mol. The zero-order chi connectivity index (χ0) is 26.9. The average Bonchev–Trinajstić information content (AvgIpc) is 3.61. The van der Waals surface area contributed by atoms with Crippen LogP contribution in [-0.2, 0) is 4.74 Å². The first-order chi connectivity index (χ1) is 19.0. The Hall–Kier alpha value is -3.37. The molecule has 0 aliphatic carbocycles. The molecule has 0 aromatic carbocycles. The minimum atomic E-state index is -0.332. The molecule has 0 spiro atoms. The Balaban J connectivity index is 1.23. The van der Waals surface area contributed by atoms with Gasteiger partial charge in [0.05, 0.1) is 12.8 Å². The monoisotopic (exact) mass is 533 g/mol. The third kappa shape index (κ3) is 5.15. The van der Waals surface area contributed by atoms with Gasteiger partial charge in [0, 0.05) is 43.3 Å². The number of methoxy groups -OCH3 is 1. The third-order valence-electron chi connectivity index (χ3n) is 8.23. The molecule has 206 valence electrons. The Morgan fingerprint density at radius 2 is 1.90 bits per heavy atom. The van der Waals surface area contributed by atoms with Crippen LogP contribution in [0.15, 0.2) is 30.9 Å². The summed E-state index contributed by atoms with van der Waals surface area (Å²) in [4.78, 5) is 11.4. The fraction of sp³-hybridized carbons (Fsp3) is 0.517. The number of nitrogens with zero attached hydrogens (tertiary/aromatic N) is 6. The summed E-state index contributed by atoms with van der Waals surface area (Å²) in [7, 11) is 1.60. The first-order valence-corrected chi connectivity index (χ1v) is 13.9. The van der Waals surface area contributed by atoms with Crippen molar-refractivity contribution in [3.05, 3.63) is 47.8 Å². The molecule has 2 aliphatic rings. The van der Waals surface area contributed by atoms with Gasteiger partial charge in [-0.3, -0.25) is 10.1 Å². The van der Waals surface area contributed by atoms with Crippen molar-refractivity contribution in [3.8, 4) is 28.4 Å². The van der Waals surface area contributed by atoms with E-state index < -0.39 is 0 Å². The molecule has 39 heavy (non-hydrogen) atoms. The van der Waals surface area contributed by atoms with Crippen LogP contribution in [0.25, 0.3) is 28.3 Å². The number of hydrogen-bond donors (Lipinski definition) is 1. The molecule has 6 heterocycles. The van der Waals surface area contributed by atoms with Gasteiger partial charge < -0.3 is 14.4 Å². The molecule has 6 rings (SSSR count). The second-order valence-electron chi connectivity index (χ2n) is 11.1. The Bertz CT molecular complexity index is 1430. The minimum absolute atomic E-state index is 0.0760. The van der Waals surface area contributed by atoms with Gasteiger partial charge in [0.2, 0.25) is 0 Å². The number of nitrogens with one attached hydrogen (secondary N) is 1. The third-order valence-corrected chi connectivity index (χ3v) is 8.23. The number of pyridine rings is 2. The lowest BCUT2D eigenvalue weighted by Crippen LogP contribution is -2.38. The van der Waals surface area contributed by atoms with Gasteiger partial charge >= 0.3 is 0 Å². The summed E-state index contributed by atoms with van der Waals surface area (Å²) in [5.41, 5.74) is 4.94. The van der Waals surface area contributed by atoms with E-state index in [9.17, 15) is 0 Å². The molecule has 4 aromatic rings. The number of aromatic amines is 1. The molecular formula is C29H36FN7O2. The summed E-state index contributed by atoms with van der Waals surface area (Å²) in [5, 5.41) is 11.9. The van der Waals surface area contributed by atoms with Crippen molar-refractivity contribution in [2.45, 2.75) is 51.4 Å². The van der Waals surface area contributed by atoms with E-state index in [4.69, 9.17) is 9.47 Å². The summed E-state index contributed by atoms with van der Waals surface area (Å²) in [6.07, 6.45) is 9.58. The highest BCUT2D eigenvalue weighted by atomic mass is 19.1. The normalized spacial score (nSPS) is 17.9. The smallest absolute Gasteiger partial charge is 0.197 e. The number of rotatable bonds is 7. The van der Waals surface area contributed by atoms with Crippen LogP contribution in [0.3, 0.4) is 0 Å². The molecule has 2 saturated heterocycles. The number of hydrogen-bond acceptors (Lipinski definition) is 7. The molecule has 9 nitrogen and oxygen atoms in total. The number of H-pyrrole nitrogens is 1. The first kappa shape index (κ1) is 25.9. The van der Waals surface area contributed by atoms with Gasteiger partial charge in [-0.2, -0.15) is 10.2 Å². The maximum absolute atomic E-state index is 15.6. The molecule has 1 N–H and O–H groups in total. The first-order valence-electron chi connectivity index (χ1n) is 13.9. The fourth-order valence-corrected chi connectivity index (χ4v) is 6.09. The summed E-state index contributed by atoms with van der Waals surface area (Å²) in [6.45, 7) is 9.17. The van der Waals surface area contributed by atoms with Crippen molar-refractivity contribution >= 4 is 5.65 Å². The van der Waals surface area contributed by atoms with Crippen LogP contribution in [0.4, 0.5) is 4.39 Å². The van der Waals surface area contributed by atoms with E-state index in [0.29, 0.717) is 23.0 Å². The second kappa shape index (κ2) is 11.0. The summed E-state index contributed by atoms with van der Waals surface area (Å²) >= 11 is 0. The molecule has 10 heteroatoms. The van der Waals surface area contributed by atoms with Crippen LogP contribution >= 0.6 is 0 Å². The Morgan fingerprint density at radius 3 is 2.62 bits per heavy atom. The number of halogens is 1. The van der Waals surface area contributed by atoms with Crippen LogP contribution in [0.5, 0.6) is 5.75 Å². The lowest BCUT2D eigenvalue weighted by atomic mass is 9.89. The van der Waals surface area contributed by atoms with Gasteiger partial charge in [-0.15, -0.1) is 0 Å². The fourth-order valence-electron chi connectivity index (χ4n) is 6.09. The number of fused-ring (bicyclic) bond motifs is 1. The number of piperidine rings is 1. The maximum atomic E-state index is 15.6. The summed E-state index contributed by atoms with van der Waals surface area (Å²) in [5.74, 6) is 1.41. The van der Waals surface area contributed by atoms with E-state index in [-0.39, 0.29) is 17.4 Å². The summed E-state index contributed by atoms with van der Waals surface area (Å²) < 4.78 is 28.3. The van der Waals surface area contributed by atoms with Gasteiger partial charge in [-0.05, 0) is 74.2 Å². The Kier molecular flexibility index (Phi) is 7.31. The van der Waals surface area contributed by atoms with Crippen LogP contribution < -0.4 is 4.74 Å². The van der Waals surface area contributed by atoms with Crippen LogP contribution in [0, 0.1) is 11.7 Å². The lowest BCUT2D eigenvalue weighted by Gasteiger charge is -2.35. The highest BCUT2D eigenvalue weighted by Crippen LogP contribution is 2.38. The molecular weight excluding hydrogens is 497 g/mol. The van der Waals surface area contributed by atoms with Gasteiger partial charge in [0.15, 0.2) is 17.2 Å². The number of likely N-dealkylation sites (tertiary alicyclic amines) is 1. The van der Waals surface area contributed by atoms with Crippen molar-refractivity contribution in [2.24, 2.45) is 5.92 Å². The largest absolute Gasteiger partial charge is 0.493 e. The van der Waals surface area contributed by atoms with Gasteiger partial charge in [-0.1, -0.05) is 13.8 Å². The molecule has 2 aliphatic heterocycles. The van der Waals surface area contributed by atoms with Gasteiger partial charge in [-0.25, -0.2) is 13.9 Å². The molecule has 0 radical (unpaired) electrons. The Labute approximate surface area is 227 Å². The topological polar surface area (TPSA) is 93.5 Å². The van der Waals surface area contributed by atoms with Crippen molar-refractivity contribution in [1.82, 2.24) is 34.7 Å². The zero-order valence-corrected chi connectivity index (χ0v) is 22.9. The van der Waals surface area contributed by atoms with E-state index in [1.165, 1.54) is 6.33 Å². The summed E-state index contributed by atoms with van der Waals surface area (Å²) in [6, 6.07) is 3.57. The molecule has 0 saturated carbocycles. The van der Waals surface area contributed by atoms with E-state index >= 15 is 4.39 Å².